The number of carboxylic acid groups (broad SMARTS) is 1. The van der Waals surface area contributed by atoms with E-state index in [4.69, 9.17) is 4.74 Å². The average Bonchev–Trinajstić information content (AvgIpc) is 2.92. The standard InChI is InChI=1S/C16H13F3N2O4/c1-25-9-4-2-8(3-5-9)21-7-10(15(23)24)13-14(21)11(16(17,18)19)6-12(22)20-13/h2-5,7,11H,6H2,1H3,(H,20,22)(H,23,24)/t11-/m1/s1. The normalized spacial score (nSPS) is 17.0. The number of carbonyl (C=O) groups is 2. The van der Waals surface area contributed by atoms with Crippen LogP contribution in [0.2, 0.25) is 0 Å². The molecule has 2 aromatic rings. The summed E-state index contributed by atoms with van der Waals surface area (Å²) >= 11 is 0. The zero-order valence-electron chi connectivity index (χ0n) is 12.9. The molecule has 9 heteroatoms. The molecule has 3 rings (SSSR count). The number of rotatable bonds is 3. The van der Waals surface area contributed by atoms with Gasteiger partial charge in [0.25, 0.3) is 0 Å². The van der Waals surface area contributed by atoms with Gasteiger partial charge < -0.3 is 19.7 Å². The third-order valence-electron chi connectivity index (χ3n) is 4.00. The number of carbonyl (C=O) groups excluding carboxylic acids is 1. The number of benzene rings is 1. The monoisotopic (exact) mass is 354 g/mol. The highest BCUT2D eigenvalue weighted by molar-refractivity contribution is 6.03. The number of amides is 1. The van der Waals surface area contributed by atoms with Gasteiger partial charge in [0.2, 0.25) is 5.91 Å². The number of methoxy groups -OCH3 is 1. The number of nitrogens with zero attached hydrogens (tertiary/aromatic N) is 1. The second kappa shape index (κ2) is 5.83. The molecule has 1 aromatic carbocycles. The fourth-order valence-corrected chi connectivity index (χ4v) is 2.86. The number of aromatic carboxylic acids is 1. The minimum absolute atomic E-state index is 0.297. The van der Waals surface area contributed by atoms with Crippen molar-refractivity contribution in [3.8, 4) is 11.4 Å². The van der Waals surface area contributed by atoms with E-state index in [2.05, 4.69) is 5.32 Å². The lowest BCUT2D eigenvalue weighted by molar-refractivity contribution is -0.157. The maximum absolute atomic E-state index is 13.5. The van der Waals surface area contributed by atoms with Crippen LogP contribution in [0.3, 0.4) is 0 Å². The number of hydrogen-bond acceptors (Lipinski definition) is 3. The van der Waals surface area contributed by atoms with E-state index in [1.165, 1.54) is 19.2 Å². The molecule has 0 saturated heterocycles. The first-order valence-electron chi connectivity index (χ1n) is 7.22. The molecule has 0 fully saturated rings. The number of anilines is 1. The molecular weight excluding hydrogens is 341 g/mol. The Bertz CT molecular complexity index is 840. The summed E-state index contributed by atoms with van der Waals surface area (Å²) in [4.78, 5) is 23.1. The van der Waals surface area contributed by atoms with Gasteiger partial charge in [-0.25, -0.2) is 4.79 Å². The highest BCUT2D eigenvalue weighted by Crippen LogP contribution is 2.46. The molecule has 1 aromatic heterocycles. The van der Waals surface area contributed by atoms with E-state index in [0.29, 0.717) is 11.4 Å². The summed E-state index contributed by atoms with van der Waals surface area (Å²) in [5.41, 5.74) is -0.681. The predicted molar refractivity (Wildman–Crippen MR) is 81.3 cm³/mol. The number of alkyl halides is 3. The van der Waals surface area contributed by atoms with Crippen LogP contribution in [-0.2, 0) is 4.79 Å². The first kappa shape index (κ1) is 16.9. The van der Waals surface area contributed by atoms with E-state index in [9.17, 15) is 27.9 Å². The highest BCUT2D eigenvalue weighted by Gasteiger charge is 2.48. The molecule has 1 aliphatic rings. The average molecular weight is 354 g/mol. The molecule has 132 valence electrons. The summed E-state index contributed by atoms with van der Waals surface area (Å²) in [5.74, 6) is -3.88. The van der Waals surface area contributed by atoms with Crippen molar-refractivity contribution in [3.05, 3.63) is 41.7 Å². The van der Waals surface area contributed by atoms with E-state index < -0.39 is 36.0 Å². The molecule has 2 N–H and O–H groups in total. The first-order valence-corrected chi connectivity index (χ1v) is 7.22. The Morgan fingerprint density at radius 2 is 1.96 bits per heavy atom. The summed E-state index contributed by atoms with van der Waals surface area (Å²) < 4.78 is 46.5. The van der Waals surface area contributed by atoms with Crippen LogP contribution in [0.4, 0.5) is 18.9 Å². The zero-order chi connectivity index (χ0) is 18.4. The third-order valence-corrected chi connectivity index (χ3v) is 4.00. The van der Waals surface area contributed by atoms with Gasteiger partial charge in [-0.05, 0) is 24.3 Å². The van der Waals surface area contributed by atoms with E-state index in [0.717, 1.165) is 10.8 Å². The van der Waals surface area contributed by atoms with Gasteiger partial charge in [-0.3, -0.25) is 4.79 Å². The van der Waals surface area contributed by atoms with Gasteiger partial charge in [-0.15, -0.1) is 0 Å². The second-order valence-electron chi connectivity index (χ2n) is 5.52. The number of halogens is 3. The van der Waals surface area contributed by atoms with Gasteiger partial charge >= 0.3 is 12.1 Å². The lowest BCUT2D eigenvalue weighted by atomic mass is 9.94. The zero-order valence-corrected chi connectivity index (χ0v) is 12.9. The fraction of sp³-hybridized carbons (Fsp3) is 0.250. The minimum Gasteiger partial charge on any atom is -0.497 e. The number of ether oxygens (including phenoxy) is 1. The molecule has 1 aliphatic heterocycles. The Morgan fingerprint density at radius 1 is 1.32 bits per heavy atom. The number of carboxylic acids is 1. The van der Waals surface area contributed by atoms with E-state index in [-0.39, 0.29) is 11.4 Å². The van der Waals surface area contributed by atoms with Crippen LogP contribution in [0.1, 0.15) is 28.4 Å². The molecule has 1 atom stereocenters. The van der Waals surface area contributed by atoms with E-state index in [1.54, 1.807) is 12.1 Å². The molecule has 0 unspecified atom stereocenters. The van der Waals surface area contributed by atoms with Crippen LogP contribution in [0, 0.1) is 0 Å². The molecule has 0 bridgehead atoms. The van der Waals surface area contributed by atoms with Crippen LogP contribution < -0.4 is 10.1 Å². The van der Waals surface area contributed by atoms with E-state index in [1.807, 2.05) is 0 Å². The number of fused-ring (bicyclic) bond motifs is 1. The largest absolute Gasteiger partial charge is 0.497 e. The Kier molecular flexibility index (Phi) is 3.94. The smallest absolute Gasteiger partial charge is 0.397 e. The topological polar surface area (TPSA) is 80.6 Å². The maximum Gasteiger partial charge on any atom is 0.397 e. The maximum atomic E-state index is 13.5. The van der Waals surface area contributed by atoms with Crippen molar-refractivity contribution < 1.29 is 32.6 Å². The minimum atomic E-state index is -4.69. The van der Waals surface area contributed by atoms with E-state index >= 15 is 0 Å². The van der Waals surface area contributed by atoms with Crippen molar-refractivity contribution in [2.45, 2.75) is 18.5 Å². The highest BCUT2D eigenvalue weighted by atomic mass is 19.4. The quantitative estimate of drug-likeness (QED) is 0.887. The van der Waals surface area contributed by atoms with Crippen molar-refractivity contribution in [2.24, 2.45) is 0 Å². The molecule has 25 heavy (non-hydrogen) atoms. The summed E-state index contributed by atoms with van der Waals surface area (Å²) in [6.45, 7) is 0. The number of hydrogen-bond donors (Lipinski definition) is 2. The van der Waals surface area contributed by atoms with Crippen molar-refractivity contribution in [1.82, 2.24) is 4.57 Å². The van der Waals surface area contributed by atoms with Crippen LogP contribution in [0.25, 0.3) is 5.69 Å². The molecule has 0 radical (unpaired) electrons. The van der Waals surface area contributed by atoms with Gasteiger partial charge in [-0.1, -0.05) is 0 Å². The summed E-state index contributed by atoms with van der Waals surface area (Å²) in [6.07, 6.45) is -4.40. The lowest BCUT2D eigenvalue weighted by Gasteiger charge is -2.27. The van der Waals surface area contributed by atoms with Crippen LogP contribution in [0.5, 0.6) is 5.75 Å². The molecule has 6 nitrogen and oxygen atoms in total. The SMILES string of the molecule is COc1ccc(-n2cc(C(=O)O)c3c2[C@H](C(F)(F)F)CC(=O)N3)cc1. The van der Waals surface area contributed by atoms with Gasteiger partial charge in [0.05, 0.1) is 18.5 Å². The Hall–Kier alpha value is -2.97. The van der Waals surface area contributed by atoms with Gasteiger partial charge in [0, 0.05) is 18.3 Å². The molecule has 0 saturated carbocycles. The number of aromatic nitrogens is 1. The molecule has 0 spiro atoms. The van der Waals surface area contributed by atoms with Gasteiger partial charge in [0.15, 0.2) is 0 Å². The van der Waals surface area contributed by atoms with Gasteiger partial charge in [0.1, 0.15) is 17.2 Å². The second-order valence-corrected chi connectivity index (χ2v) is 5.52. The van der Waals surface area contributed by atoms with Crippen molar-refractivity contribution in [3.63, 3.8) is 0 Å². The van der Waals surface area contributed by atoms with Crippen LogP contribution >= 0.6 is 0 Å². The third kappa shape index (κ3) is 2.92. The van der Waals surface area contributed by atoms with Gasteiger partial charge in [-0.2, -0.15) is 13.2 Å². The van der Waals surface area contributed by atoms with Crippen LogP contribution in [0.15, 0.2) is 30.5 Å². The molecule has 1 amide bonds. The first-order chi connectivity index (χ1) is 11.7. The Morgan fingerprint density at radius 3 is 2.48 bits per heavy atom. The van der Waals surface area contributed by atoms with Crippen LogP contribution in [-0.4, -0.2) is 34.8 Å². The fourth-order valence-electron chi connectivity index (χ4n) is 2.86. The summed E-state index contributed by atoms with van der Waals surface area (Å²) in [7, 11) is 1.45. The predicted octanol–water partition coefficient (Wildman–Crippen LogP) is 3.17. The molecule has 2 heterocycles. The Balaban J connectivity index is 2.24. The Labute approximate surface area is 139 Å². The number of nitrogens with one attached hydrogen (secondary N) is 1. The summed E-state index contributed by atoms with van der Waals surface area (Å²) in [6, 6.07) is 6.11. The lowest BCUT2D eigenvalue weighted by Crippen LogP contribution is -2.33. The summed E-state index contributed by atoms with van der Waals surface area (Å²) in [5, 5.41) is 11.6. The molecular formula is C16H13F3N2O4. The van der Waals surface area contributed by atoms with Crippen molar-refractivity contribution in [1.29, 1.82) is 0 Å². The van der Waals surface area contributed by atoms with Crippen molar-refractivity contribution in [2.75, 3.05) is 12.4 Å². The molecule has 0 aliphatic carbocycles. The van der Waals surface area contributed by atoms with Crippen molar-refractivity contribution >= 4 is 17.6 Å².